The molecule has 0 saturated carbocycles. The van der Waals surface area contributed by atoms with Crippen molar-refractivity contribution >= 4 is 18.6 Å². The number of carbonyl (C=O) groups is 1. The van der Waals surface area contributed by atoms with Crippen LogP contribution >= 0.6 is 12.6 Å². The smallest absolute Gasteiger partial charge is 0.316 e. The first-order valence-electron chi connectivity index (χ1n) is 5.30. The van der Waals surface area contributed by atoms with Crippen molar-refractivity contribution < 1.29 is 19.7 Å². The number of phenols is 1. The first-order chi connectivity index (χ1) is 8.42. The number of aromatic hydroxyl groups is 1. The van der Waals surface area contributed by atoms with Crippen LogP contribution in [0.25, 0.3) is 0 Å². The summed E-state index contributed by atoms with van der Waals surface area (Å²) in [5, 5.41) is 16.6. The largest absolute Gasteiger partial charge is 0.504 e. The first kappa shape index (κ1) is 16.4. The maximum absolute atomic E-state index is 9.62. The maximum atomic E-state index is 9.62. The van der Waals surface area contributed by atoms with E-state index in [0.29, 0.717) is 5.75 Å². The Labute approximate surface area is 112 Å². The fraction of sp³-hybridized carbons (Fsp3) is 0.308. The number of allylic oxidation sites excluding steroid dienone is 1. The molecule has 100 valence electrons. The number of hydrogen-bond donors (Lipinski definition) is 3. The lowest BCUT2D eigenvalue weighted by atomic mass is 10.1. The number of benzene rings is 1. The molecule has 0 spiro atoms. The number of thiol groups is 1. The molecule has 0 aliphatic carbocycles. The van der Waals surface area contributed by atoms with E-state index < -0.39 is 11.2 Å². The van der Waals surface area contributed by atoms with E-state index in [1.165, 1.54) is 14.0 Å². The van der Waals surface area contributed by atoms with Crippen LogP contribution in [0.15, 0.2) is 30.9 Å². The van der Waals surface area contributed by atoms with Crippen molar-refractivity contribution in [3.8, 4) is 11.5 Å². The highest BCUT2D eigenvalue weighted by Gasteiger charge is 2.01. The molecule has 2 N–H and O–H groups in total. The first-order valence-corrected chi connectivity index (χ1v) is 5.81. The van der Waals surface area contributed by atoms with Crippen LogP contribution in [-0.2, 0) is 11.2 Å². The topological polar surface area (TPSA) is 66.8 Å². The lowest BCUT2D eigenvalue weighted by Gasteiger charge is -2.04. The minimum Gasteiger partial charge on any atom is -0.504 e. The Hall–Kier alpha value is -1.62. The molecule has 1 aromatic carbocycles. The zero-order chi connectivity index (χ0) is 14.1. The Bertz CT molecular complexity index is 402. The summed E-state index contributed by atoms with van der Waals surface area (Å²) in [5.41, 5.74) is 1.08. The van der Waals surface area contributed by atoms with Crippen molar-refractivity contribution in [2.24, 2.45) is 0 Å². The van der Waals surface area contributed by atoms with Crippen LogP contribution in [0.1, 0.15) is 12.5 Å². The molecule has 0 aliphatic heterocycles. The van der Waals surface area contributed by atoms with E-state index in [-0.39, 0.29) is 5.75 Å². The highest BCUT2D eigenvalue weighted by molar-refractivity contribution is 7.81. The molecule has 0 fully saturated rings. The predicted molar refractivity (Wildman–Crippen MR) is 74.6 cm³/mol. The van der Waals surface area contributed by atoms with Gasteiger partial charge in [-0.15, -0.1) is 6.58 Å². The van der Waals surface area contributed by atoms with Gasteiger partial charge in [-0.3, -0.25) is 4.79 Å². The average Bonchev–Trinajstić information content (AvgIpc) is 2.32. The molecular formula is C13H18O4S. The van der Waals surface area contributed by atoms with Gasteiger partial charge in [0.05, 0.1) is 12.4 Å². The number of hydrogen-bond acceptors (Lipinski definition) is 4. The molecule has 0 amide bonds. The van der Waals surface area contributed by atoms with Crippen LogP contribution in [0.2, 0.25) is 0 Å². The molecule has 0 aliphatic rings. The van der Waals surface area contributed by atoms with E-state index in [2.05, 4.69) is 19.2 Å². The fourth-order valence-electron chi connectivity index (χ4n) is 1.02. The second-order valence-electron chi connectivity index (χ2n) is 3.51. The summed E-state index contributed by atoms with van der Waals surface area (Å²) in [6.45, 7) is 5.14. The molecule has 0 bridgehead atoms. The number of rotatable bonds is 4. The van der Waals surface area contributed by atoms with Crippen LogP contribution in [0.3, 0.4) is 0 Å². The quantitative estimate of drug-likeness (QED) is 0.581. The van der Waals surface area contributed by atoms with Gasteiger partial charge in [0.1, 0.15) is 0 Å². The second kappa shape index (κ2) is 8.47. The Balaban J connectivity index is 0.000000411. The van der Waals surface area contributed by atoms with E-state index >= 15 is 0 Å². The number of carboxylic acid groups (broad SMARTS) is 1. The second-order valence-corrected chi connectivity index (χ2v) is 4.29. The van der Waals surface area contributed by atoms with Crippen LogP contribution in [0, 0.1) is 0 Å². The maximum Gasteiger partial charge on any atom is 0.316 e. The molecule has 1 rings (SSSR count). The molecule has 1 atom stereocenters. The molecule has 0 saturated heterocycles. The van der Waals surface area contributed by atoms with Gasteiger partial charge < -0.3 is 14.9 Å². The van der Waals surface area contributed by atoms with Gasteiger partial charge in [-0.2, -0.15) is 12.6 Å². The number of carboxylic acids is 1. The molecule has 0 radical (unpaired) electrons. The highest BCUT2D eigenvalue weighted by Crippen LogP contribution is 2.26. The average molecular weight is 270 g/mol. The number of ether oxygens (including phenoxy) is 1. The van der Waals surface area contributed by atoms with Gasteiger partial charge in [-0.1, -0.05) is 12.1 Å². The molecule has 18 heavy (non-hydrogen) atoms. The van der Waals surface area contributed by atoms with Gasteiger partial charge in [0.15, 0.2) is 11.5 Å². The minimum atomic E-state index is -0.877. The van der Waals surface area contributed by atoms with Gasteiger partial charge in [-0.05, 0) is 31.0 Å². The minimum absolute atomic E-state index is 0.172. The van der Waals surface area contributed by atoms with Crippen LogP contribution < -0.4 is 4.74 Å². The van der Waals surface area contributed by atoms with Crippen LogP contribution in [-0.4, -0.2) is 28.5 Å². The lowest BCUT2D eigenvalue weighted by molar-refractivity contribution is -0.136. The molecule has 1 unspecified atom stereocenters. The van der Waals surface area contributed by atoms with Crippen molar-refractivity contribution in [2.45, 2.75) is 18.6 Å². The summed E-state index contributed by atoms with van der Waals surface area (Å²) in [6.07, 6.45) is 2.60. The molecule has 0 aromatic heterocycles. The van der Waals surface area contributed by atoms with E-state index in [1.807, 2.05) is 12.1 Å². The highest BCUT2D eigenvalue weighted by atomic mass is 32.1. The van der Waals surface area contributed by atoms with Crippen LogP contribution in [0.5, 0.6) is 11.5 Å². The van der Waals surface area contributed by atoms with E-state index in [9.17, 15) is 9.90 Å². The Morgan fingerprint density at radius 1 is 1.61 bits per heavy atom. The Morgan fingerprint density at radius 3 is 2.56 bits per heavy atom. The van der Waals surface area contributed by atoms with Crippen molar-refractivity contribution in [3.63, 3.8) is 0 Å². The van der Waals surface area contributed by atoms with Gasteiger partial charge in [-0.25, -0.2) is 0 Å². The summed E-state index contributed by atoms with van der Waals surface area (Å²) in [7, 11) is 1.53. The zero-order valence-corrected chi connectivity index (χ0v) is 11.4. The van der Waals surface area contributed by atoms with Crippen molar-refractivity contribution in [1.82, 2.24) is 0 Å². The summed E-state index contributed by atoms with van der Waals surface area (Å²) < 4.78 is 4.95. The van der Waals surface area contributed by atoms with Gasteiger partial charge in [0, 0.05) is 0 Å². The van der Waals surface area contributed by atoms with Crippen molar-refractivity contribution in [1.29, 1.82) is 0 Å². The molecule has 1 aromatic rings. The third kappa shape index (κ3) is 6.20. The SMILES string of the molecule is C=CCc1ccc(O)c(OC)c1.CC(S)C(=O)O. The molecule has 4 nitrogen and oxygen atoms in total. The third-order valence-electron chi connectivity index (χ3n) is 1.98. The monoisotopic (exact) mass is 270 g/mol. The van der Waals surface area contributed by atoms with Gasteiger partial charge in [0.25, 0.3) is 0 Å². The van der Waals surface area contributed by atoms with Gasteiger partial charge >= 0.3 is 5.97 Å². The number of aliphatic carboxylic acids is 1. The Morgan fingerprint density at radius 2 is 2.17 bits per heavy atom. The predicted octanol–water partition coefficient (Wildman–Crippen LogP) is 2.52. The summed E-state index contributed by atoms with van der Waals surface area (Å²) in [5.74, 6) is -0.196. The number of phenolic OH excluding ortho intramolecular Hbond substituents is 1. The summed E-state index contributed by atoms with van der Waals surface area (Å²) in [4.78, 5) is 9.62. The van der Waals surface area contributed by atoms with Crippen molar-refractivity contribution in [2.75, 3.05) is 7.11 Å². The number of methoxy groups -OCH3 is 1. The van der Waals surface area contributed by atoms with E-state index in [0.717, 1.165) is 12.0 Å². The fourth-order valence-corrected chi connectivity index (χ4v) is 1.02. The third-order valence-corrected chi connectivity index (χ3v) is 2.20. The van der Waals surface area contributed by atoms with Gasteiger partial charge in [0.2, 0.25) is 0 Å². The lowest BCUT2D eigenvalue weighted by Crippen LogP contribution is -2.06. The van der Waals surface area contributed by atoms with E-state index in [4.69, 9.17) is 9.84 Å². The molecule has 5 heteroatoms. The van der Waals surface area contributed by atoms with Crippen LogP contribution in [0.4, 0.5) is 0 Å². The summed E-state index contributed by atoms with van der Waals surface area (Å²) in [6, 6.07) is 5.27. The molecule has 0 heterocycles. The Kier molecular flexibility index (Phi) is 7.71. The van der Waals surface area contributed by atoms with E-state index in [1.54, 1.807) is 12.1 Å². The summed E-state index contributed by atoms with van der Waals surface area (Å²) >= 11 is 3.59. The normalized spacial score (nSPS) is 10.8. The standard InChI is InChI=1S/C10H12O2.C3H6O2S/c1-3-4-8-5-6-9(11)10(7-8)12-2;1-2(6)3(4)5/h3,5-7,11H,1,4H2,2H3;2,6H,1H3,(H,4,5). The molecular weight excluding hydrogens is 252 g/mol. The van der Waals surface area contributed by atoms with Crippen molar-refractivity contribution in [3.05, 3.63) is 36.4 Å². The zero-order valence-electron chi connectivity index (χ0n) is 10.5.